The highest BCUT2D eigenvalue weighted by molar-refractivity contribution is 9.12. The fourth-order valence-corrected chi connectivity index (χ4v) is 7.08. The number of benzene rings is 1. The number of ether oxygens (including phenoxy) is 1. The lowest BCUT2D eigenvalue weighted by Gasteiger charge is -2.48. The van der Waals surface area contributed by atoms with Crippen molar-refractivity contribution >= 4 is 37.6 Å². The SMILES string of the molecule is CCCCC1(CCCC)CC2C(=C(O/C=C/C(=O)O)C(Br)=CN2c2ccccc2)S(=O)(=O)N1. The maximum absolute atomic E-state index is 13.7. The summed E-state index contributed by atoms with van der Waals surface area (Å²) >= 11 is 3.45. The van der Waals surface area contributed by atoms with Crippen LogP contribution in [0.3, 0.4) is 0 Å². The zero-order valence-electron chi connectivity index (χ0n) is 19.0. The molecule has 0 amide bonds. The quantitative estimate of drug-likeness (QED) is 0.306. The number of unbranched alkanes of at least 4 members (excludes halogenated alkanes) is 2. The Hall–Kier alpha value is -2.10. The van der Waals surface area contributed by atoms with Gasteiger partial charge in [0.1, 0.15) is 4.91 Å². The van der Waals surface area contributed by atoms with Gasteiger partial charge < -0.3 is 14.7 Å². The monoisotopic (exact) mass is 538 g/mol. The second-order valence-electron chi connectivity index (χ2n) is 8.48. The first-order valence-corrected chi connectivity index (χ1v) is 13.6. The maximum Gasteiger partial charge on any atom is 0.331 e. The molecule has 2 aliphatic rings. The number of nitrogens with zero attached hydrogens (tertiary/aromatic N) is 1. The molecule has 1 unspecified atom stereocenters. The van der Waals surface area contributed by atoms with E-state index in [9.17, 15) is 13.2 Å². The van der Waals surface area contributed by atoms with Crippen LogP contribution in [0.4, 0.5) is 5.69 Å². The number of carbonyl (C=O) groups is 1. The van der Waals surface area contributed by atoms with Gasteiger partial charge in [-0.2, -0.15) is 0 Å². The molecule has 0 radical (unpaired) electrons. The summed E-state index contributed by atoms with van der Waals surface area (Å²) in [5.41, 5.74) is 0.320. The minimum atomic E-state index is -3.91. The Morgan fingerprint density at radius 2 is 1.88 bits per heavy atom. The first-order valence-electron chi connectivity index (χ1n) is 11.3. The van der Waals surface area contributed by atoms with Crippen LogP contribution in [0.25, 0.3) is 0 Å². The topological polar surface area (TPSA) is 95.9 Å². The number of anilines is 1. The van der Waals surface area contributed by atoms with E-state index in [-0.39, 0.29) is 10.7 Å². The van der Waals surface area contributed by atoms with Crippen LogP contribution in [0.5, 0.6) is 0 Å². The number of halogens is 1. The number of rotatable bonds is 10. The number of hydrogen-bond donors (Lipinski definition) is 2. The van der Waals surface area contributed by atoms with Gasteiger partial charge in [0, 0.05) is 17.4 Å². The molecule has 1 atom stereocenters. The van der Waals surface area contributed by atoms with Crippen LogP contribution < -0.4 is 9.62 Å². The third-order valence-corrected chi connectivity index (χ3v) is 8.33. The molecule has 3 rings (SSSR count). The van der Waals surface area contributed by atoms with Gasteiger partial charge in [-0.25, -0.2) is 17.9 Å². The molecule has 2 N–H and O–H groups in total. The number of carboxylic acids is 1. The number of fused-ring (bicyclic) bond motifs is 1. The minimum absolute atomic E-state index is 0.108. The van der Waals surface area contributed by atoms with Gasteiger partial charge in [-0.15, -0.1) is 0 Å². The number of nitrogens with one attached hydrogen (secondary N) is 1. The lowest BCUT2D eigenvalue weighted by molar-refractivity contribution is -0.131. The first kappa shape index (κ1) is 25.5. The highest BCUT2D eigenvalue weighted by Crippen LogP contribution is 2.45. The molecule has 9 heteroatoms. The van der Waals surface area contributed by atoms with Gasteiger partial charge in [-0.05, 0) is 47.3 Å². The van der Waals surface area contributed by atoms with Crippen LogP contribution >= 0.6 is 15.9 Å². The second-order valence-corrected chi connectivity index (χ2v) is 11.0. The molecule has 33 heavy (non-hydrogen) atoms. The van der Waals surface area contributed by atoms with Gasteiger partial charge in [-0.1, -0.05) is 57.7 Å². The van der Waals surface area contributed by atoms with Gasteiger partial charge in [0.2, 0.25) is 10.0 Å². The fraction of sp³-hybridized carbons (Fsp3) is 0.458. The van der Waals surface area contributed by atoms with Crippen molar-refractivity contribution in [2.75, 3.05) is 4.90 Å². The third-order valence-electron chi connectivity index (χ3n) is 6.02. The zero-order chi connectivity index (χ0) is 24.1. The van der Waals surface area contributed by atoms with Crippen LogP contribution in [0.1, 0.15) is 58.8 Å². The van der Waals surface area contributed by atoms with Crippen molar-refractivity contribution in [3.05, 3.63) is 64.0 Å². The van der Waals surface area contributed by atoms with Crippen molar-refractivity contribution in [1.29, 1.82) is 0 Å². The van der Waals surface area contributed by atoms with Crippen LogP contribution in [0, 0.1) is 0 Å². The van der Waals surface area contributed by atoms with E-state index in [0.29, 0.717) is 10.9 Å². The van der Waals surface area contributed by atoms with E-state index in [0.717, 1.165) is 56.6 Å². The van der Waals surface area contributed by atoms with Crippen molar-refractivity contribution in [3.8, 4) is 0 Å². The fourth-order valence-electron chi connectivity index (χ4n) is 4.50. The molecular formula is C24H31BrN2O5S. The number of aliphatic carboxylic acids is 1. The average Bonchev–Trinajstić information content (AvgIpc) is 2.77. The summed E-state index contributed by atoms with van der Waals surface area (Å²) in [5.74, 6) is -1.07. The number of carboxylic acid groups (broad SMARTS) is 1. The molecule has 0 aliphatic carbocycles. The molecule has 0 saturated carbocycles. The van der Waals surface area contributed by atoms with Gasteiger partial charge in [0.05, 0.1) is 22.9 Å². The highest BCUT2D eigenvalue weighted by atomic mass is 79.9. The second kappa shape index (κ2) is 10.9. The van der Waals surface area contributed by atoms with Crippen molar-refractivity contribution < 1.29 is 23.1 Å². The molecule has 1 fully saturated rings. The van der Waals surface area contributed by atoms with E-state index in [2.05, 4.69) is 34.5 Å². The van der Waals surface area contributed by atoms with E-state index >= 15 is 0 Å². The molecule has 1 aromatic rings. The molecule has 1 saturated heterocycles. The Morgan fingerprint density at radius 1 is 1.24 bits per heavy atom. The van der Waals surface area contributed by atoms with E-state index in [1.165, 1.54) is 0 Å². The minimum Gasteiger partial charge on any atom is -0.478 e. The smallest absolute Gasteiger partial charge is 0.331 e. The Bertz CT molecular complexity index is 1040. The highest BCUT2D eigenvalue weighted by Gasteiger charge is 2.50. The molecule has 1 aromatic carbocycles. The molecule has 180 valence electrons. The van der Waals surface area contributed by atoms with Crippen molar-refractivity contribution in [2.45, 2.75) is 70.4 Å². The molecule has 2 heterocycles. The molecule has 0 aromatic heterocycles. The van der Waals surface area contributed by atoms with E-state index in [4.69, 9.17) is 9.84 Å². The van der Waals surface area contributed by atoms with Crippen LogP contribution in [0.15, 0.2) is 64.0 Å². The van der Waals surface area contributed by atoms with Crippen LogP contribution in [-0.2, 0) is 19.6 Å². The Morgan fingerprint density at radius 3 is 2.45 bits per heavy atom. The Balaban J connectivity index is 2.14. The van der Waals surface area contributed by atoms with Gasteiger partial charge in [0.25, 0.3) is 0 Å². The summed E-state index contributed by atoms with van der Waals surface area (Å²) in [6.07, 6.45) is 9.56. The Labute approximate surface area is 204 Å². The number of sulfonamides is 1. The number of allylic oxidation sites excluding steroid dienone is 1. The van der Waals surface area contributed by atoms with Crippen LogP contribution in [-0.4, -0.2) is 31.1 Å². The lowest BCUT2D eigenvalue weighted by Crippen LogP contribution is -2.60. The summed E-state index contributed by atoms with van der Waals surface area (Å²) in [6, 6.07) is 9.15. The van der Waals surface area contributed by atoms with Crippen molar-refractivity contribution in [1.82, 2.24) is 4.72 Å². The van der Waals surface area contributed by atoms with E-state index in [1.54, 1.807) is 0 Å². The van der Waals surface area contributed by atoms with Gasteiger partial charge in [-0.3, -0.25) is 0 Å². The maximum atomic E-state index is 13.7. The lowest BCUT2D eigenvalue weighted by atomic mass is 9.81. The van der Waals surface area contributed by atoms with E-state index in [1.807, 2.05) is 41.4 Å². The van der Waals surface area contributed by atoms with E-state index < -0.39 is 27.6 Å². The summed E-state index contributed by atoms with van der Waals surface area (Å²) in [5, 5.41) is 8.92. The van der Waals surface area contributed by atoms with Crippen molar-refractivity contribution in [3.63, 3.8) is 0 Å². The first-order chi connectivity index (χ1) is 15.7. The zero-order valence-corrected chi connectivity index (χ0v) is 21.4. The summed E-state index contributed by atoms with van der Waals surface area (Å²) in [4.78, 5) is 13.0. The Kier molecular flexibility index (Phi) is 8.42. The van der Waals surface area contributed by atoms with Crippen molar-refractivity contribution in [2.24, 2.45) is 0 Å². The summed E-state index contributed by atoms with van der Waals surface area (Å²) < 4.78 is 36.5. The number of para-hydroxylation sites is 1. The molecule has 2 aliphatic heterocycles. The summed E-state index contributed by atoms with van der Waals surface area (Å²) in [7, 11) is -3.91. The largest absolute Gasteiger partial charge is 0.478 e. The van der Waals surface area contributed by atoms with Gasteiger partial charge >= 0.3 is 5.97 Å². The molecule has 7 nitrogen and oxygen atoms in total. The molecular weight excluding hydrogens is 508 g/mol. The number of hydrogen-bond acceptors (Lipinski definition) is 5. The molecule has 0 spiro atoms. The standard InChI is InChI=1S/C24H31BrN2O5S/c1-3-5-13-24(14-6-4-2)16-20-23(33(30,31)26-24)22(32-15-12-21(28)29)19(25)17-27(20)18-10-8-7-9-11-18/h7-12,15,17,20,26H,3-6,13-14,16H2,1-2H3,(H,28,29)/b15-12+. The molecule has 0 bridgehead atoms. The third kappa shape index (κ3) is 5.88. The predicted molar refractivity (Wildman–Crippen MR) is 133 cm³/mol. The summed E-state index contributed by atoms with van der Waals surface area (Å²) in [6.45, 7) is 4.21. The average molecular weight is 539 g/mol. The van der Waals surface area contributed by atoms with Gasteiger partial charge in [0.15, 0.2) is 5.76 Å². The van der Waals surface area contributed by atoms with Crippen LogP contribution in [0.2, 0.25) is 0 Å². The predicted octanol–water partition coefficient (Wildman–Crippen LogP) is 5.38. The normalized spacial score (nSPS) is 21.6.